The maximum Gasteiger partial charge on any atom is 0.194 e. The van der Waals surface area contributed by atoms with Gasteiger partial charge in [0.15, 0.2) is 17.4 Å². The Hall–Kier alpha value is -2.34. The van der Waals surface area contributed by atoms with Gasteiger partial charge in [0.05, 0.1) is 6.54 Å². The van der Waals surface area contributed by atoms with Gasteiger partial charge in [-0.25, -0.2) is 8.78 Å². The zero-order chi connectivity index (χ0) is 21.8. The van der Waals surface area contributed by atoms with E-state index in [9.17, 15) is 8.78 Å². The van der Waals surface area contributed by atoms with Crippen LogP contribution in [0.2, 0.25) is 0 Å². The molecule has 3 heterocycles. The fraction of sp³-hybridized carbons (Fsp3) is 0.409. The van der Waals surface area contributed by atoms with E-state index < -0.39 is 11.6 Å². The Bertz CT molecular complexity index is 1060. The zero-order valence-corrected chi connectivity index (χ0v) is 20.5. The highest BCUT2D eigenvalue weighted by Gasteiger charge is 2.27. The number of fused-ring (bicyclic) bond motifs is 1. The number of benzene rings is 1. The summed E-state index contributed by atoms with van der Waals surface area (Å²) in [5.74, 6) is 0.588. The van der Waals surface area contributed by atoms with Crippen LogP contribution in [0.3, 0.4) is 0 Å². The molecule has 7 nitrogen and oxygen atoms in total. The van der Waals surface area contributed by atoms with Crippen molar-refractivity contribution in [1.82, 2.24) is 29.7 Å². The van der Waals surface area contributed by atoms with Crippen LogP contribution in [0.25, 0.3) is 5.65 Å². The van der Waals surface area contributed by atoms with Crippen molar-refractivity contribution >= 4 is 35.6 Å². The quantitative estimate of drug-likeness (QED) is 0.297. The molecule has 1 atom stereocenters. The lowest BCUT2D eigenvalue weighted by Crippen LogP contribution is -2.53. The van der Waals surface area contributed by atoms with E-state index in [1.165, 1.54) is 6.07 Å². The van der Waals surface area contributed by atoms with Crippen LogP contribution in [-0.4, -0.2) is 63.6 Å². The Kier molecular flexibility index (Phi) is 8.35. The molecule has 0 spiro atoms. The molecule has 172 valence electrons. The van der Waals surface area contributed by atoms with Crippen LogP contribution in [0.1, 0.15) is 30.8 Å². The van der Waals surface area contributed by atoms with E-state index in [0.29, 0.717) is 12.1 Å². The highest BCUT2D eigenvalue weighted by molar-refractivity contribution is 14.0. The maximum absolute atomic E-state index is 14.3. The molecule has 2 aromatic heterocycles. The highest BCUT2D eigenvalue weighted by Crippen LogP contribution is 2.28. The second-order valence-corrected chi connectivity index (χ2v) is 7.56. The third kappa shape index (κ3) is 5.17. The molecule has 0 aliphatic carbocycles. The van der Waals surface area contributed by atoms with Crippen molar-refractivity contribution in [1.29, 1.82) is 0 Å². The van der Waals surface area contributed by atoms with Crippen molar-refractivity contribution < 1.29 is 8.78 Å². The molecular weight excluding hydrogens is 527 g/mol. The lowest BCUT2D eigenvalue weighted by atomic mass is 10.0. The number of rotatable bonds is 5. The molecule has 1 N–H and O–H groups in total. The molecule has 1 fully saturated rings. The third-order valence-electron chi connectivity index (χ3n) is 5.76. The molecule has 1 aromatic carbocycles. The van der Waals surface area contributed by atoms with Gasteiger partial charge >= 0.3 is 0 Å². The highest BCUT2D eigenvalue weighted by atomic mass is 127. The van der Waals surface area contributed by atoms with Crippen molar-refractivity contribution in [2.45, 2.75) is 25.9 Å². The van der Waals surface area contributed by atoms with Crippen LogP contribution in [-0.2, 0) is 6.54 Å². The number of nitrogens with one attached hydrogen (secondary N) is 1. The van der Waals surface area contributed by atoms with Gasteiger partial charge in [-0.15, -0.1) is 34.2 Å². The van der Waals surface area contributed by atoms with Crippen LogP contribution in [0.15, 0.2) is 47.6 Å². The average molecular weight is 555 g/mol. The summed E-state index contributed by atoms with van der Waals surface area (Å²) < 4.78 is 29.6. The van der Waals surface area contributed by atoms with Gasteiger partial charge in [0, 0.05) is 57.1 Å². The van der Waals surface area contributed by atoms with E-state index in [2.05, 4.69) is 30.3 Å². The van der Waals surface area contributed by atoms with E-state index in [1.807, 2.05) is 35.7 Å². The summed E-state index contributed by atoms with van der Waals surface area (Å²) in [5, 5.41) is 11.8. The summed E-state index contributed by atoms with van der Waals surface area (Å²) in [6.07, 6.45) is 2.70. The molecule has 4 rings (SSSR count). The number of hydrogen-bond donors (Lipinski definition) is 1. The first-order valence-corrected chi connectivity index (χ1v) is 10.5. The van der Waals surface area contributed by atoms with Gasteiger partial charge in [0.1, 0.15) is 11.6 Å². The molecule has 0 radical (unpaired) electrons. The second-order valence-electron chi connectivity index (χ2n) is 7.56. The van der Waals surface area contributed by atoms with Crippen molar-refractivity contribution in [2.75, 3.05) is 33.2 Å². The molecule has 1 aliphatic rings. The third-order valence-corrected chi connectivity index (χ3v) is 5.76. The van der Waals surface area contributed by atoms with E-state index in [-0.39, 0.29) is 30.0 Å². The van der Waals surface area contributed by atoms with Gasteiger partial charge in [-0.3, -0.25) is 14.3 Å². The fourth-order valence-corrected chi connectivity index (χ4v) is 4.19. The molecule has 32 heavy (non-hydrogen) atoms. The van der Waals surface area contributed by atoms with Crippen molar-refractivity contribution in [3.63, 3.8) is 0 Å². The second kappa shape index (κ2) is 11.0. The zero-order valence-electron chi connectivity index (χ0n) is 18.2. The van der Waals surface area contributed by atoms with Crippen LogP contribution in [0.4, 0.5) is 8.78 Å². The Balaban J connectivity index is 0.00000289. The molecular formula is C22H28F2IN7. The molecule has 0 saturated carbocycles. The van der Waals surface area contributed by atoms with Crippen LogP contribution in [0, 0.1) is 11.6 Å². The predicted molar refractivity (Wildman–Crippen MR) is 131 cm³/mol. The van der Waals surface area contributed by atoms with Crippen molar-refractivity contribution in [3.8, 4) is 0 Å². The van der Waals surface area contributed by atoms with E-state index in [4.69, 9.17) is 0 Å². The SMILES string of the molecule is CCC(c1ccc(F)cc1F)N1CCN(C(=NC)NCc2nnc3ccccn23)CC1.I. The fourth-order valence-electron chi connectivity index (χ4n) is 4.19. The molecule has 3 aromatic rings. The number of hydrogen-bond acceptors (Lipinski definition) is 4. The largest absolute Gasteiger partial charge is 0.349 e. The molecule has 10 heteroatoms. The van der Waals surface area contributed by atoms with Crippen LogP contribution in [0.5, 0.6) is 0 Å². The molecule has 1 saturated heterocycles. The molecule has 1 aliphatic heterocycles. The molecule has 0 bridgehead atoms. The summed E-state index contributed by atoms with van der Waals surface area (Å²) in [7, 11) is 1.76. The topological polar surface area (TPSA) is 61.1 Å². The van der Waals surface area contributed by atoms with E-state index in [0.717, 1.165) is 56.1 Å². The Labute approximate surface area is 203 Å². The summed E-state index contributed by atoms with van der Waals surface area (Å²) in [6, 6.07) is 9.59. The Morgan fingerprint density at radius 1 is 1.12 bits per heavy atom. The number of nitrogens with zero attached hydrogens (tertiary/aromatic N) is 6. The maximum atomic E-state index is 14.3. The monoisotopic (exact) mass is 555 g/mol. The molecule has 1 unspecified atom stereocenters. The first kappa shape index (κ1) is 24.3. The van der Waals surface area contributed by atoms with Crippen molar-refractivity contribution in [3.05, 3.63) is 65.6 Å². The summed E-state index contributed by atoms with van der Waals surface area (Å²) in [6.45, 7) is 5.60. The first-order chi connectivity index (χ1) is 15.1. The normalized spacial score (nSPS) is 16.1. The van der Waals surface area contributed by atoms with Gasteiger partial charge in [0.2, 0.25) is 0 Å². The number of guanidine groups is 1. The minimum atomic E-state index is -0.545. The summed E-state index contributed by atoms with van der Waals surface area (Å²) in [4.78, 5) is 8.86. The lowest BCUT2D eigenvalue weighted by molar-refractivity contribution is 0.124. The standard InChI is InChI=1S/C22H27F2N7.HI/c1-3-19(17-8-7-16(23)14-18(17)24)29-10-12-30(13-11-29)22(25-2)26-15-21-28-27-20-6-4-5-9-31(20)21;/h4-9,14,19H,3,10-13,15H2,1-2H3,(H,25,26);1H. The van der Waals surface area contributed by atoms with Gasteiger partial charge in [-0.05, 0) is 24.6 Å². The van der Waals surface area contributed by atoms with E-state index >= 15 is 0 Å². The number of piperazine rings is 1. The van der Waals surface area contributed by atoms with Gasteiger partial charge in [0.25, 0.3) is 0 Å². The van der Waals surface area contributed by atoms with Gasteiger partial charge in [-0.2, -0.15) is 0 Å². The number of aromatic nitrogens is 3. The summed E-state index contributed by atoms with van der Waals surface area (Å²) >= 11 is 0. The minimum absolute atomic E-state index is 0. The Morgan fingerprint density at radius 2 is 1.91 bits per heavy atom. The number of halogens is 3. The smallest absolute Gasteiger partial charge is 0.194 e. The number of pyridine rings is 1. The van der Waals surface area contributed by atoms with Crippen LogP contribution >= 0.6 is 24.0 Å². The first-order valence-electron chi connectivity index (χ1n) is 10.5. The Morgan fingerprint density at radius 3 is 2.59 bits per heavy atom. The summed E-state index contributed by atoms with van der Waals surface area (Å²) in [5.41, 5.74) is 1.36. The minimum Gasteiger partial charge on any atom is -0.349 e. The average Bonchev–Trinajstić information content (AvgIpc) is 3.20. The van der Waals surface area contributed by atoms with Gasteiger partial charge in [-0.1, -0.05) is 19.1 Å². The van der Waals surface area contributed by atoms with Gasteiger partial charge < -0.3 is 10.2 Å². The lowest BCUT2D eigenvalue weighted by Gasteiger charge is -2.40. The predicted octanol–water partition coefficient (Wildman–Crippen LogP) is 3.47. The molecule has 0 amide bonds. The van der Waals surface area contributed by atoms with Crippen molar-refractivity contribution in [2.24, 2.45) is 4.99 Å². The van der Waals surface area contributed by atoms with Crippen LogP contribution < -0.4 is 5.32 Å². The number of aliphatic imine (C=N–C) groups is 1. The van der Waals surface area contributed by atoms with E-state index in [1.54, 1.807) is 13.1 Å².